The molecule has 2 N–H and O–H groups in total. The topological polar surface area (TPSA) is 94.1 Å². The van der Waals surface area contributed by atoms with Crippen molar-refractivity contribution in [3.8, 4) is 17.2 Å². The van der Waals surface area contributed by atoms with E-state index in [2.05, 4.69) is 13.8 Å². The summed E-state index contributed by atoms with van der Waals surface area (Å²) < 4.78 is 17.4. The fourth-order valence-corrected chi connectivity index (χ4v) is 3.42. The van der Waals surface area contributed by atoms with Crippen molar-refractivity contribution >= 4 is 18.0 Å². The third-order valence-corrected chi connectivity index (χ3v) is 5.09. The zero-order valence-corrected chi connectivity index (χ0v) is 18.4. The zero-order chi connectivity index (χ0) is 22.9. The zero-order valence-electron chi connectivity index (χ0n) is 18.4. The van der Waals surface area contributed by atoms with Gasteiger partial charge in [-0.25, -0.2) is 5.48 Å². The lowest BCUT2D eigenvalue weighted by Gasteiger charge is -2.22. The third-order valence-electron chi connectivity index (χ3n) is 5.09. The highest BCUT2D eigenvalue weighted by Gasteiger charge is 2.23. The second kappa shape index (κ2) is 11.3. The van der Waals surface area contributed by atoms with Crippen LogP contribution in [0.15, 0.2) is 42.5 Å². The lowest BCUT2D eigenvalue weighted by Crippen LogP contribution is -2.18. The molecule has 0 spiro atoms. The molecule has 0 fully saturated rings. The molecule has 32 heavy (non-hydrogen) atoms. The normalized spacial score (nSPS) is 13.1. The quantitative estimate of drug-likeness (QED) is 0.145. The lowest BCUT2D eigenvalue weighted by molar-refractivity contribution is -0.135. The molecule has 1 aliphatic heterocycles. The number of hydrogen-bond acceptors (Lipinski definition) is 6. The number of hydroxylamine groups is 1. The van der Waals surface area contributed by atoms with E-state index >= 15 is 0 Å². The molecule has 7 heteroatoms. The van der Waals surface area contributed by atoms with Crippen LogP contribution < -0.4 is 19.7 Å². The molecule has 0 saturated carbocycles. The van der Waals surface area contributed by atoms with Crippen LogP contribution in [0.4, 0.5) is 0 Å². The van der Waals surface area contributed by atoms with Gasteiger partial charge in [0, 0.05) is 11.6 Å². The van der Waals surface area contributed by atoms with Crippen LogP contribution in [0.25, 0.3) is 6.08 Å². The van der Waals surface area contributed by atoms with Crippen LogP contribution >= 0.6 is 0 Å². The highest BCUT2D eigenvalue weighted by Crippen LogP contribution is 2.37. The third kappa shape index (κ3) is 6.59. The molecule has 1 aliphatic rings. The number of carbonyl (C=O) groups is 2. The van der Waals surface area contributed by atoms with Gasteiger partial charge in [-0.05, 0) is 60.6 Å². The number of esters is 1. The smallest absolute Gasteiger partial charge is 0.311 e. The summed E-state index contributed by atoms with van der Waals surface area (Å²) in [5.41, 5.74) is 4.30. The van der Waals surface area contributed by atoms with Crippen molar-refractivity contribution in [2.24, 2.45) is 5.92 Å². The van der Waals surface area contributed by atoms with Gasteiger partial charge >= 0.3 is 5.97 Å². The van der Waals surface area contributed by atoms with E-state index in [0.29, 0.717) is 43.5 Å². The Morgan fingerprint density at radius 3 is 2.78 bits per heavy atom. The maximum atomic E-state index is 11.9. The minimum absolute atomic E-state index is 0.200. The molecular formula is C25H29NO6. The summed E-state index contributed by atoms with van der Waals surface area (Å²) in [7, 11) is 0. The fourth-order valence-electron chi connectivity index (χ4n) is 3.42. The van der Waals surface area contributed by atoms with Gasteiger partial charge in [-0.3, -0.25) is 14.8 Å². The highest BCUT2D eigenvalue weighted by atomic mass is 16.5. The number of rotatable bonds is 10. The van der Waals surface area contributed by atoms with Gasteiger partial charge in [-0.2, -0.15) is 0 Å². The Morgan fingerprint density at radius 2 is 2.00 bits per heavy atom. The molecule has 0 saturated heterocycles. The van der Waals surface area contributed by atoms with Crippen molar-refractivity contribution in [2.45, 2.75) is 39.5 Å². The van der Waals surface area contributed by atoms with Gasteiger partial charge in [0.25, 0.3) is 5.91 Å². The van der Waals surface area contributed by atoms with Crippen LogP contribution in [-0.4, -0.2) is 30.3 Å². The minimum atomic E-state index is -0.603. The van der Waals surface area contributed by atoms with Crippen molar-refractivity contribution in [3.63, 3.8) is 0 Å². The molecule has 0 aromatic heterocycles. The molecule has 2 aromatic rings. The molecule has 3 rings (SSSR count). The molecule has 2 aromatic carbocycles. The van der Waals surface area contributed by atoms with Crippen molar-refractivity contribution in [1.29, 1.82) is 0 Å². The minimum Gasteiger partial charge on any atom is -0.490 e. The van der Waals surface area contributed by atoms with Crippen LogP contribution in [0.3, 0.4) is 0 Å². The first-order valence-electron chi connectivity index (χ1n) is 10.8. The Morgan fingerprint density at radius 1 is 1.19 bits per heavy atom. The van der Waals surface area contributed by atoms with Gasteiger partial charge in [0.05, 0.1) is 6.42 Å². The van der Waals surface area contributed by atoms with E-state index in [1.807, 2.05) is 30.3 Å². The Labute approximate surface area is 187 Å². The molecule has 0 aliphatic carbocycles. The molecule has 0 unspecified atom stereocenters. The molecule has 0 bridgehead atoms. The summed E-state index contributed by atoms with van der Waals surface area (Å²) in [6.45, 7) is 4.98. The van der Waals surface area contributed by atoms with E-state index in [1.165, 1.54) is 6.08 Å². The Hall–Kier alpha value is -3.32. The van der Waals surface area contributed by atoms with Crippen molar-refractivity contribution in [2.75, 3.05) is 13.2 Å². The summed E-state index contributed by atoms with van der Waals surface area (Å²) in [5.74, 6) is 1.73. The van der Waals surface area contributed by atoms with E-state index in [0.717, 1.165) is 35.3 Å². The van der Waals surface area contributed by atoms with Gasteiger partial charge in [-0.15, -0.1) is 0 Å². The van der Waals surface area contributed by atoms with Gasteiger partial charge in [0.1, 0.15) is 30.5 Å². The van der Waals surface area contributed by atoms with Crippen molar-refractivity contribution < 1.29 is 29.0 Å². The number of ether oxygens (including phenoxy) is 3. The Bertz CT molecular complexity index is 982. The lowest BCUT2D eigenvalue weighted by atomic mass is 9.96. The van der Waals surface area contributed by atoms with Crippen molar-refractivity contribution in [3.05, 3.63) is 59.2 Å². The molecular weight excluding hydrogens is 410 g/mol. The monoisotopic (exact) mass is 439 g/mol. The van der Waals surface area contributed by atoms with Gasteiger partial charge < -0.3 is 14.2 Å². The van der Waals surface area contributed by atoms with Crippen LogP contribution in [0.1, 0.15) is 43.4 Å². The first-order valence-corrected chi connectivity index (χ1v) is 10.8. The van der Waals surface area contributed by atoms with Crippen LogP contribution in [0.5, 0.6) is 17.2 Å². The van der Waals surface area contributed by atoms with E-state index in [-0.39, 0.29) is 5.97 Å². The van der Waals surface area contributed by atoms with E-state index in [1.54, 1.807) is 17.6 Å². The number of aryl methyl sites for hydroxylation is 1. The molecule has 0 radical (unpaired) electrons. The van der Waals surface area contributed by atoms with Crippen LogP contribution in [-0.2, 0) is 22.4 Å². The van der Waals surface area contributed by atoms with Crippen molar-refractivity contribution in [1.82, 2.24) is 5.48 Å². The summed E-state index contributed by atoms with van der Waals surface area (Å²) >= 11 is 0. The average molecular weight is 440 g/mol. The van der Waals surface area contributed by atoms with E-state index < -0.39 is 5.91 Å². The summed E-state index contributed by atoms with van der Waals surface area (Å²) in [5, 5.41) is 8.55. The maximum Gasteiger partial charge on any atom is 0.311 e. The summed E-state index contributed by atoms with van der Waals surface area (Å²) in [4.78, 5) is 23.0. The predicted octanol–water partition coefficient (Wildman–Crippen LogP) is 4.10. The molecule has 7 nitrogen and oxygen atoms in total. The number of nitrogens with one attached hydrogen (secondary N) is 1. The standard InChI is InChI=1S/C25H29NO6/c1-17(2)6-10-21-22(11-8-19-9-13-24(28)32-25(19)21)31-15-14-30-20-5-3-4-18(16-20)7-12-23(27)26-29/h3-5,7-8,11-12,16-17,29H,6,9-10,13-15H2,1-2H3,(H,26,27)/b12-7+. The maximum absolute atomic E-state index is 11.9. The van der Waals surface area contributed by atoms with Gasteiger partial charge in [-0.1, -0.05) is 32.0 Å². The van der Waals surface area contributed by atoms with Gasteiger partial charge in [0.15, 0.2) is 0 Å². The fraction of sp³-hybridized carbons (Fsp3) is 0.360. The first-order chi connectivity index (χ1) is 15.5. The van der Waals surface area contributed by atoms with Crippen LogP contribution in [0.2, 0.25) is 0 Å². The summed E-state index contributed by atoms with van der Waals surface area (Å²) in [6, 6.07) is 11.2. The summed E-state index contributed by atoms with van der Waals surface area (Å²) in [6.07, 6.45) is 5.64. The first kappa shape index (κ1) is 23.3. The number of amides is 1. The number of hydrogen-bond donors (Lipinski definition) is 2. The second-order valence-electron chi connectivity index (χ2n) is 8.02. The highest BCUT2D eigenvalue weighted by molar-refractivity contribution is 5.90. The largest absolute Gasteiger partial charge is 0.490 e. The number of carbonyl (C=O) groups excluding carboxylic acids is 2. The number of benzene rings is 2. The average Bonchev–Trinajstić information content (AvgIpc) is 2.79. The Balaban J connectivity index is 1.62. The molecule has 1 heterocycles. The number of fused-ring (bicyclic) bond motifs is 1. The SMILES string of the molecule is CC(C)CCc1c(OCCOc2cccc(/C=C/C(=O)NO)c2)ccc2c1OC(=O)CC2. The molecule has 0 atom stereocenters. The van der Waals surface area contributed by atoms with E-state index in [9.17, 15) is 9.59 Å². The second-order valence-corrected chi connectivity index (χ2v) is 8.02. The molecule has 1 amide bonds. The Kier molecular flexibility index (Phi) is 8.27. The van der Waals surface area contributed by atoms with Crippen LogP contribution in [0, 0.1) is 5.92 Å². The molecule has 170 valence electrons. The van der Waals surface area contributed by atoms with Gasteiger partial charge in [0.2, 0.25) is 0 Å². The van der Waals surface area contributed by atoms with E-state index in [4.69, 9.17) is 19.4 Å². The predicted molar refractivity (Wildman–Crippen MR) is 120 cm³/mol.